The molecule has 1 aromatic heterocycles. The lowest BCUT2D eigenvalue weighted by atomic mass is 9.92. The number of amides is 2. The molecule has 170 valence electrons. The topological polar surface area (TPSA) is 97.7 Å². The molecule has 1 fully saturated rings. The van der Waals surface area contributed by atoms with Gasteiger partial charge in [0, 0.05) is 37.3 Å². The Hall–Kier alpha value is -3.49. The molecule has 2 amide bonds. The Morgan fingerprint density at radius 2 is 1.78 bits per heavy atom. The number of carbonyl (C=O) groups is 3. The molecule has 1 aliphatic rings. The van der Waals surface area contributed by atoms with Gasteiger partial charge in [0.1, 0.15) is 17.2 Å². The zero-order chi connectivity index (χ0) is 23.6. The van der Waals surface area contributed by atoms with Crippen molar-refractivity contribution in [2.45, 2.75) is 33.3 Å². The molecule has 1 aliphatic heterocycles. The number of carbonyl (C=O) groups excluding carboxylic acids is 3. The molecule has 0 unspecified atom stereocenters. The summed E-state index contributed by atoms with van der Waals surface area (Å²) >= 11 is 0. The van der Waals surface area contributed by atoms with Crippen LogP contribution in [0.15, 0.2) is 47.4 Å². The molecule has 0 bridgehead atoms. The zero-order valence-corrected chi connectivity index (χ0v) is 18.4. The van der Waals surface area contributed by atoms with Crippen molar-refractivity contribution in [3.8, 4) is 5.69 Å². The van der Waals surface area contributed by atoms with Crippen molar-refractivity contribution in [3.05, 3.63) is 58.8 Å². The fourth-order valence-corrected chi connectivity index (χ4v) is 3.58. The molecule has 32 heavy (non-hydrogen) atoms. The second-order valence-corrected chi connectivity index (χ2v) is 8.77. The van der Waals surface area contributed by atoms with E-state index in [1.807, 2.05) is 0 Å². The van der Waals surface area contributed by atoms with Gasteiger partial charge in [0.05, 0.1) is 17.3 Å². The van der Waals surface area contributed by atoms with Crippen molar-refractivity contribution in [3.63, 3.8) is 0 Å². The Kier molecular flexibility index (Phi) is 6.47. The normalized spacial score (nSPS) is 18.3. The van der Waals surface area contributed by atoms with Gasteiger partial charge in [-0.1, -0.05) is 6.07 Å². The molecule has 2 aromatic rings. The Morgan fingerprint density at radius 3 is 2.38 bits per heavy atom. The van der Waals surface area contributed by atoms with Crippen LogP contribution in [0.4, 0.5) is 14.9 Å². The van der Waals surface area contributed by atoms with Gasteiger partial charge in [-0.15, -0.1) is 0 Å². The van der Waals surface area contributed by atoms with Crippen molar-refractivity contribution in [1.82, 2.24) is 9.47 Å². The fraction of sp³-hybridized carbons (Fsp3) is 0.391. The van der Waals surface area contributed by atoms with E-state index in [4.69, 9.17) is 4.74 Å². The van der Waals surface area contributed by atoms with Gasteiger partial charge in [-0.05, 0) is 45.9 Å². The summed E-state index contributed by atoms with van der Waals surface area (Å²) in [7, 11) is 0. The summed E-state index contributed by atoms with van der Waals surface area (Å²) in [6, 6.07) is 8.58. The van der Waals surface area contributed by atoms with Crippen LogP contribution in [0, 0.1) is 17.7 Å². The molecule has 0 spiro atoms. The van der Waals surface area contributed by atoms with E-state index in [9.17, 15) is 23.6 Å². The van der Waals surface area contributed by atoms with E-state index >= 15 is 0 Å². The predicted molar refractivity (Wildman–Crippen MR) is 116 cm³/mol. The maximum absolute atomic E-state index is 14.7. The number of halogens is 1. The highest BCUT2D eigenvalue weighted by atomic mass is 19.1. The maximum atomic E-state index is 14.7. The van der Waals surface area contributed by atoms with E-state index in [1.165, 1.54) is 40.8 Å². The van der Waals surface area contributed by atoms with Gasteiger partial charge in [-0.2, -0.15) is 0 Å². The minimum absolute atomic E-state index is 0.00982. The number of hydrogen-bond acceptors (Lipinski definition) is 5. The number of Topliss-reactive ketones (excluding diaryl/α,β-unsaturated/α-hetero) is 1. The SMILES string of the molecule is CC(=O)[C@H]1CN(C(=O)OC(C)(C)C)C[C@@H]1C(=O)Nc1ccc(-n2ccccc2=O)cc1F. The molecule has 2 heterocycles. The number of pyridine rings is 1. The van der Waals surface area contributed by atoms with Crippen molar-refractivity contribution >= 4 is 23.5 Å². The van der Waals surface area contributed by atoms with Crippen molar-refractivity contribution in [2.24, 2.45) is 11.8 Å². The minimum Gasteiger partial charge on any atom is -0.444 e. The Bertz CT molecular complexity index is 1110. The molecule has 1 N–H and O–H groups in total. The number of aromatic nitrogens is 1. The first-order chi connectivity index (χ1) is 15.0. The first kappa shape index (κ1) is 23.2. The summed E-state index contributed by atoms with van der Waals surface area (Å²) in [4.78, 5) is 50.6. The van der Waals surface area contributed by atoms with Gasteiger partial charge in [-0.25, -0.2) is 9.18 Å². The van der Waals surface area contributed by atoms with Crippen LogP contribution in [0.5, 0.6) is 0 Å². The van der Waals surface area contributed by atoms with E-state index in [-0.39, 0.29) is 30.1 Å². The van der Waals surface area contributed by atoms with Crippen LogP contribution in [-0.2, 0) is 14.3 Å². The molecular formula is C23H26FN3O5. The molecule has 1 aromatic carbocycles. The lowest BCUT2D eigenvalue weighted by molar-refractivity contribution is -0.127. The van der Waals surface area contributed by atoms with E-state index in [0.29, 0.717) is 5.69 Å². The Balaban J connectivity index is 1.76. The number of nitrogens with one attached hydrogen (secondary N) is 1. The Labute approximate surface area is 185 Å². The molecule has 9 heteroatoms. The average Bonchev–Trinajstić information content (AvgIpc) is 3.15. The summed E-state index contributed by atoms with van der Waals surface area (Å²) in [5, 5.41) is 2.51. The van der Waals surface area contributed by atoms with Crippen molar-refractivity contribution in [2.75, 3.05) is 18.4 Å². The fourth-order valence-electron chi connectivity index (χ4n) is 3.58. The van der Waals surface area contributed by atoms with Crippen LogP contribution in [-0.4, -0.2) is 45.9 Å². The highest BCUT2D eigenvalue weighted by Crippen LogP contribution is 2.28. The summed E-state index contributed by atoms with van der Waals surface area (Å²) < 4.78 is 21.3. The molecular weight excluding hydrogens is 417 g/mol. The van der Waals surface area contributed by atoms with Crippen molar-refractivity contribution in [1.29, 1.82) is 0 Å². The number of rotatable bonds is 4. The van der Waals surface area contributed by atoms with E-state index in [0.717, 1.165) is 6.07 Å². The van der Waals surface area contributed by atoms with E-state index in [2.05, 4.69) is 5.32 Å². The highest BCUT2D eigenvalue weighted by Gasteiger charge is 2.43. The number of hydrogen-bond donors (Lipinski definition) is 1. The van der Waals surface area contributed by atoms with Crippen LogP contribution < -0.4 is 10.9 Å². The third-order valence-electron chi connectivity index (χ3n) is 5.14. The monoisotopic (exact) mass is 443 g/mol. The van der Waals surface area contributed by atoms with Gasteiger partial charge in [-0.3, -0.25) is 19.0 Å². The lowest BCUT2D eigenvalue weighted by Gasteiger charge is -2.24. The molecule has 3 rings (SSSR count). The smallest absolute Gasteiger partial charge is 0.410 e. The second kappa shape index (κ2) is 8.94. The summed E-state index contributed by atoms with van der Waals surface area (Å²) in [5.41, 5.74) is -0.805. The molecule has 2 atom stereocenters. The zero-order valence-electron chi connectivity index (χ0n) is 18.4. The van der Waals surface area contributed by atoms with Gasteiger partial charge >= 0.3 is 6.09 Å². The standard InChI is InChI=1S/C23H26FN3O5/c1-14(28)16-12-26(22(31)32-23(2,3)4)13-17(16)21(30)25-19-9-8-15(11-18(19)24)27-10-6-5-7-20(27)29/h5-11,16-17H,12-13H2,1-4H3,(H,25,30)/t16-,17+/m1/s1. The number of ketones is 1. The van der Waals surface area contributed by atoms with Crippen LogP contribution in [0.1, 0.15) is 27.7 Å². The quantitative estimate of drug-likeness (QED) is 0.784. The largest absolute Gasteiger partial charge is 0.444 e. The van der Waals surface area contributed by atoms with Gasteiger partial charge < -0.3 is 15.0 Å². The second-order valence-electron chi connectivity index (χ2n) is 8.77. The first-order valence-corrected chi connectivity index (χ1v) is 10.2. The summed E-state index contributed by atoms with van der Waals surface area (Å²) in [5.74, 6) is -3.09. The molecule has 1 saturated heterocycles. The van der Waals surface area contributed by atoms with E-state index < -0.39 is 35.3 Å². The molecule has 0 saturated carbocycles. The van der Waals surface area contributed by atoms with Crippen LogP contribution in [0.2, 0.25) is 0 Å². The number of likely N-dealkylation sites (tertiary alicyclic amines) is 1. The number of benzene rings is 1. The number of ether oxygens (including phenoxy) is 1. The van der Waals surface area contributed by atoms with Gasteiger partial charge in [0.2, 0.25) is 5.91 Å². The van der Waals surface area contributed by atoms with Crippen molar-refractivity contribution < 1.29 is 23.5 Å². The molecule has 0 radical (unpaired) electrons. The molecule has 0 aliphatic carbocycles. The third kappa shape index (κ3) is 5.22. The third-order valence-corrected chi connectivity index (χ3v) is 5.14. The van der Waals surface area contributed by atoms with Crippen LogP contribution in [0.3, 0.4) is 0 Å². The van der Waals surface area contributed by atoms with Gasteiger partial charge in [0.25, 0.3) is 5.56 Å². The van der Waals surface area contributed by atoms with Gasteiger partial charge in [0.15, 0.2) is 0 Å². The average molecular weight is 443 g/mol. The minimum atomic E-state index is -0.837. The summed E-state index contributed by atoms with van der Waals surface area (Å²) in [6.07, 6.45) is 0.902. The number of anilines is 1. The molecule has 8 nitrogen and oxygen atoms in total. The first-order valence-electron chi connectivity index (χ1n) is 10.2. The lowest BCUT2D eigenvalue weighted by Crippen LogP contribution is -2.36. The van der Waals surface area contributed by atoms with Crippen LogP contribution >= 0.6 is 0 Å². The van der Waals surface area contributed by atoms with Crippen LogP contribution in [0.25, 0.3) is 5.69 Å². The van der Waals surface area contributed by atoms with E-state index in [1.54, 1.807) is 32.9 Å². The maximum Gasteiger partial charge on any atom is 0.410 e. The Morgan fingerprint density at radius 1 is 1.09 bits per heavy atom. The highest BCUT2D eigenvalue weighted by molar-refractivity contribution is 5.97. The summed E-state index contributed by atoms with van der Waals surface area (Å²) in [6.45, 7) is 6.58. The predicted octanol–water partition coefficient (Wildman–Crippen LogP) is 2.99. The number of nitrogens with zero attached hydrogens (tertiary/aromatic N) is 2.